The van der Waals surface area contributed by atoms with E-state index in [1.165, 1.54) is 135 Å². The molecule has 0 saturated carbocycles. The molecule has 0 nitrogen and oxygen atoms in total. The number of aryl methyl sites for hydroxylation is 10. The van der Waals surface area contributed by atoms with Crippen LogP contribution in [0.3, 0.4) is 0 Å². The van der Waals surface area contributed by atoms with E-state index >= 15 is 0 Å². The molecule has 0 aliphatic heterocycles. The number of hydrogen-bond donors (Lipinski definition) is 0. The summed E-state index contributed by atoms with van der Waals surface area (Å²) in [6.45, 7) is 26.3. The van der Waals surface area contributed by atoms with E-state index in [4.69, 9.17) is 17.0 Å². The van der Waals surface area contributed by atoms with Crippen LogP contribution < -0.4 is 0 Å². The number of rotatable bonds is 8. The van der Waals surface area contributed by atoms with Gasteiger partial charge in [-0.1, -0.05) is 215 Å². The van der Waals surface area contributed by atoms with E-state index < -0.39 is 20.8 Å². The monoisotopic (exact) mass is 948 g/mol. The van der Waals surface area contributed by atoms with Crippen molar-refractivity contribution in [2.75, 3.05) is 0 Å². The van der Waals surface area contributed by atoms with Crippen molar-refractivity contribution in [2.24, 2.45) is 0 Å². The van der Waals surface area contributed by atoms with Gasteiger partial charge in [0.2, 0.25) is 0 Å². The first-order chi connectivity index (χ1) is 29.7. The van der Waals surface area contributed by atoms with Crippen molar-refractivity contribution < 1.29 is 20.8 Å². The van der Waals surface area contributed by atoms with Crippen LogP contribution in [-0.2, 0) is 33.7 Å². The number of fused-ring (bicyclic) bond motifs is 2. The second-order valence-corrected chi connectivity index (χ2v) is 22.0. The molecule has 0 bridgehead atoms. The van der Waals surface area contributed by atoms with E-state index in [1.807, 2.05) is 0 Å². The van der Waals surface area contributed by atoms with Crippen LogP contribution >= 0.6 is 17.0 Å². The van der Waals surface area contributed by atoms with E-state index in [9.17, 15) is 0 Å². The zero-order chi connectivity index (χ0) is 45.1. The van der Waals surface area contributed by atoms with Gasteiger partial charge in [-0.25, -0.2) is 0 Å². The van der Waals surface area contributed by atoms with Gasteiger partial charge in [0.15, 0.2) is 0 Å². The van der Waals surface area contributed by atoms with Gasteiger partial charge in [-0.15, -0.1) is 44.8 Å². The van der Waals surface area contributed by atoms with Crippen LogP contribution in [0, 0.1) is 55.4 Å². The molecule has 8 aromatic carbocycles. The zero-order valence-electron chi connectivity index (χ0n) is 39.1. The summed E-state index contributed by atoms with van der Waals surface area (Å²) in [5, 5.41) is 5.52. The van der Waals surface area contributed by atoms with Gasteiger partial charge < -0.3 is 0 Å². The molecule has 0 fully saturated rings. The normalized spacial score (nSPS) is 10.7. The van der Waals surface area contributed by atoms with Gasteiger partial charge in [-0.05, 0) is 79.4 Å². The Kier molecular flexibility index (Phi) is 18.5. The molecule has 0 heterocycles. The molecule has 0 N–H and O–H groups in total. The van der Waals surface area contributed by atoms with E-state index in [0.717, 1.165) is 22.4 Å². The standard InChI is InChI=1S/2C28H29.C2H6Si.2ClH.Zr/c2*1-6-7-22-16-27-25(23-12-18(2)10-19(3)13-23)8-9-26(28(27)17-22)24-14-20(4)11-21(5)15-24;1-3-2;;;/h2*8-17H,6-7H2,1-5H3;1-2H3;2*1H;/q2*-1;;;;+4/p-2. The molecule has 0 aromatic heterocycles. The van der Waals surface area contributed by atoms with Crippen molar-refractivity contribution in [2.45, 2.75) is 108 Å². The second-order valence-electron chi connectivity index (χ2n) is 17.3. The molecule has 0 unspecified atom stereocenters. The van der Waals surface area contributed by atoms with Gasteiger partial charge in [0.05, 0.1) is 0 Å². The van der Waals surface area contributed by atoms with Crippen molar-refractivity contribution in [3.63, 3.8) is 0 Å². The molecule has 0 aliphatic carbocycles. The van der Waals surface area contributed by atoms with E-state index in [2.05, 4.69) is 204 Å². The van der Waals surface area contributed by atoms with Crippen molar-refractivity contribution in [3.05, 3.63) is 177 Å². The first-order valence-corrected chi connectivity index (χ1v) is 30.4. The maximum absolute atomic E-state index is 4.93. The zero-order valence-corrected chi connectivity index (χ0v) is 44.1. The predicted octanol–water partition coefficient (Wildman–Crippen LogP) is 18.3. The Labute approximate surface area is 395 Å². The quantitative estimate of drug-likeness (QED) is 0.105. The van der Waals surface area contributed by atoms with Gasteiger partial charge >= 0.3 is 37.9 Å². The van der Waals surface area contributed by atoms with Crippen LogP contribution in [0.15, 0.2) is 121 Å². The van der Waals surface area contributed by atoms with Crippen molar-refractivity contribution in [1.82, 2.24) is 0 Å². The fourth-order valence-electron chi connectivity index (χ4n) is 9.11. The predicted molar refractivity (Wildman–Crippen MR) is 276 cm³/mol. The molecule has 0 amide bonds. The Morgan fingerprint density at radius 1 is 0.403 bits per heavy atom. The molecule has 8 aromatic rings. The van der Waals surface area contributed by atoms with Crippen LogP contribution in [-0.4, -0.2) is 9.52 Å². The molecule has 0 saturated heterocycles. The SMILES string of the molecule is CCCc1cc2c(-c3cc(C)cc(C)c3)ccc(-c3cc(C)cc(C)c3)c2[cH-]1.CCCc1cc2c(-c3cc(C)cc(C)c3)ccc(-c3cc(C)cc(C)c3)c2[cH-]1.C[Si]C.[Cl][Zr+2][Cl]. The van der Waals surface area contributed by atoms with Gasteiger partial charge in [-0.3, -0.25) is 0 Å². The molecular formula is C58H64Cl2SiZr. The fourth-order valence-corrected chi connectivity index (χ4v) is 9.11. The van der Waals surface area contributed by atoms with Crippen LogP contribution in [0.1, 0.15) is 82.3 Å². The summed E-state index contributed by atoms with van der Waals surface area (Å²) in [5.74, 6) is 0. The minimum atomic E-state index is -0.826. The summed E-state index contributed by atoms with van der Waals surface area (Å²) in [6.07, 6.45) is 4.61. The molecule has 0 spiro atoms. The van der Waals surface area contributed by atoms with Crippen LogP contribution in [0.2, 0.25) is 13.1 Å². The Morgan fingerprint density at radius 3 is 0.871 bits per heavy atom. The fraction of sp³-hybridized carbons (Fsp3) is 0.276. The third kappa shape index (κ3) is 12.7. The molecule has 0 atom stereocenters. The summed E-state index contributed by atoms with van der Waals surface area (Å²) in [4.78, 5) is 0. The third-order valence-corrected chi connectivity index (χ3v) is 11.1. The van der Waals surface area contributed by atoms with Crippen molar-refractivity contribution in [3.8, 4) is 44.5 Å². The van der Waals surface area contributed by atoms with Gasteiger partial charge in [0.1, 0.15) is 0 Å². The number of halogens is 2. The summed E-state index contributed by atoms with van der Waals surface area (Å²) >= 11 is -0.826. The van der Waals surface area contributed by atoms with Crippen molar-refractivity contribution in [1.29, 1.82) is 0 Å². The molecule has 8 rings (SSSR count). The average molecular weight is 951 g/mol. The molecule has 0 aliphatic rings. The van der Waals surface area contributed by atoms with E-state index in [0.29, 0.717) is 0 Å². The Morgan fingerprint density at radius 2 is 0.629 bits per heavy atom. The number of hydrogen-bond acceptors (Lipinski definition) is 0. The molecule has 4 heteroatoms. The van der Waals surface area contributed by atoms with Crippen LogP contribution in [0.25, 0.3) is 66.1 Å². The minimum absolute atomic E-state index is 0.826. The summed E-state index contributed by atoms with van der Waals surface area (Å²) in [5.41, 5.74) is 24.1. The van der Waals surface area contributed by atoms with Gasteiger partial charge in [-0.2, -0.15) is 12.1 Å². The second kappa shape index (κ2) is 23.2. The Bertz CT molecular complexity index is 2300. The van der Waals surface area contributed by atoms with E-state index in [-0.39, 0.29) is 0 Å². The third-order valence-electron chi connectivity index (χ3n) is 11.1. The first kappa shape index (κ1) is 49.2. The number of benzene rings is 6. The maximum atomic E-state index is 4.93. The summed E-state index contributed by atoms with van der Waals surface area (Å²) in [6, 6.07) is 46.4. The van der Waals surface area contributed by atoms with Crippen LogP contribution in [0.4, 0.5) is 0 Å². The Hall–Kier alpha value is -3.78. The Balaban J connectivity index is 0.000000208. The van der Waals surface area contributed by atoms with Gasteiger partial charge in [0.25, 0.3) is 0 Å². The van der Waals surface area contributed by atoms with Crippen molar-refractivity contribution >= 4 is 48.1 Å². The average Bonchev–Trinajstić information content (AvgIpc) is 3.81. The first-order valence-electron chi connectivity index (χ1n) is 22.1. The summed E-state index contributed by atoms with van der Waals surface area (Å²) < 4.78 is 0. The molecule has 318 valence electrons. The summed E-state index contributed by atoms with van der Waals surface area (Å²) in [7, 11) is 11.0. The molecular weight excluding hydrogens is 887 g/mol. The van der Waals surface area contributed by atoms with Crippen LogP contribution in [0.5, 0.6) is 0 Å². The molecule has 62 heavy (non-hydrogen) atoms. The van der Waals surface area contributed by atoms with E-state index in [1.54, 1.807) is 0 Å². The van der Waals surface area contributed by atoms with Gasteiger partial charge in [0, 0.05) is 9.52 Å². The molecule has 2 radical (unpaired) electrons. The topological polar surface area (TPSA) is 0 Å².